The highest BCUT2D eigenvalue weighted by molar-refractivity contribution is 5.51. The minimum atomic E-state index is -0.386. The number of nitro benzene ring substituents is 1. The van der Waals surface area contributed by atoms with E-state index < -0.39 is 0 Å². The second-order valence-corrected chi connectivity index (χ2v) is 4.47. The second kappa shape index (κ2) is 6.14. The van der Waals surface area contributed by atoms with Crippen molar-refractivity contribution in [1.82, 2.24) is 0 Å². The van der Waals surface area contributed by atoms with Gasteiger partial charge in [0.2, 0.25) is 0 Å². The highest BCUT2D eigenvalue weighted by Crippen LogP contribution is 2.20. The summed E-state index contributed by atoms with van der Waals surface area (Å²) in [5.41, 5.74) is 2.04. The van der Waals surface area contributed by atoms with Crippen LogP contribution in [0.25, 0.3) is 0 Å². The van der Waals surface area contributed by atoms with Crippen molar-refractivity contribution >= 4 is 11.4 Å². The van der Waals surface area contributed by atoms with E-state index in [-0.39, 0.29) is 16.4 Å². The normalized spacial score (nSPS) is 10.3. The van der Waals surface area contributed by atoms with Crippen molar-refractivity contribution in [2.75, 3.05) is 11.9 Å². The van der Waals surface area contributed by atoms with Crippen molar-refractivity contribution in [3.05, 3.63) is 69.5 Å². The predicted molar refractivity (Wildman–Crippen MR) is 76.4 cm³/mol. The highest BCUT2D eigenvalue weighted by atomic mass is 19.1. The number of para-hydroxylation sites is 1. The van der Waals surface area contributed by atoms with Gasteiger partial charge in [-0.1, -0.05) is 24.3 Å². The van der Waals surface area contributed by atoms with E-state index in [0.717, 1.165) is 0 Å². The van der Waals surface area contributed by atoms with E-state index in [9.17, 15) is 14.5 Å². The fourth-order valence-electron chi connectivity index (χ4n) is 2.03. The molecule has 0 saturated heterocycles. The van der Waals surface area contributed by atoms with E-state index in [1.807, 2.05) is 0 Å². The van der Waals surface area contributed by atoms with Crippen molar-refractivity contribution < 1.29 is 9.31 Å². The molecule has 0 bridgehead atoms. The summed E-state index contributed by atoms with van der Waals surface area (Å²) < 4.78 is 13.4. The molecule has 0 aliphatic heterocycles. The molecule has 0 unspecified atom stereocenters. The van der Waals surface area contributed by atoms with Crippen LogP contribution in [0.1, 0.15) is 11.1 Å². The largest absolute Gasteiger partial charge is 0.384 e. The molecule has 20 heavy (non-hydrogen) atoms. The number of benzene rings is 2. The summed E-state index contributed by atoms with van der Waals surface area (Å²) in [5.74, 6) is -0.263. The summed E-state index contributed by atoms with van der Waals surface area (Å²) in [6.45, 7) is 2.21. The Kier molecular flexibility index (Phi) is 4.30. The molecule has 0 fully saturated rings. The predicted octanol–water partition coefficient (Wildman–Crippen LogP) is 3.70. The van der Waals surface area contributed by atoms with Gasteiger partial charge in [-0.25, -0.2) is 4.39 Å². The van der Waals surface area contributed by atoms with Crippen LogP contribution in [0, 0.1) is 22.9 Å². The molecule has 0 heterocycles. The fourth-order valence-corrected chi connectivity index (χ4v) is 2.03. The van der Waals surface area contributed by atoms with Gasteiger partial charge in [0.25, 0.3) is 5.69 Å². The quantitative estimate of drug-likeness (QED) is 0.668. The van der Waals surface area contributed by atoms with Gasteiger partial charge < -0.3 is 5.32 Å². The number of nitrogens with one attached hydrogen (secondary N) is 1. The number of hydrogen-bond acceptors (Lipinski definition) is 3. The van der Waals surface area contributed by atoms with Gasteiger partial charge >= 0.3 is 0 Å². The molecule has 2 rings (SSSR count). The van der Waals surface area contributed by atoms with Crippen LogP contribution in [0.4, 0.5) is 15.8 Å². The van der Waals surface area contributed by atoms with Crippen LogP contribution in [-0.2, 0) is 6.42 Å². The molecule has 104 valence electrons. The van der Waals surface area contributed by atoms with Gasteiger partial charge in [0.1, 0.15) is 5.82 Å². The van der Waals surface area contributed by atoms with Crippen molar-refractivity contribution in [1.29, 1.82) is 0 Å². The Morgan fingerprint density at radius 2 is 1.95 bits per heavy atom. The zero-order valence-electron chi connectivity index (χ0n) is 11.1. The number of anilines is 1. The maximum atomic E-state index is 13.4. The van der Waals surface area contributed by atoms with Gasteiger partial charge in [-0.3, -0.25) is 10.1 Å². The van der Waals surface area contributed by atoms with E-state index in [1.54, 1.807) is 37.3 Å². The highest BCUT2D eigenvalue weighted by Gasteiger charge is 2.11. The molecule has 0 atom stereocenters. The van der Waals surface area contributed by atoms with Crippen LogP contribution in [-0.4, -0.2) is 11.5 Å². The number of nitro groups is 1. The van der Waals surface area contributed by atoms with Crippen molar-refractivity contribution in [2.24, 2.45) is 0 Å². The summed E-state index contributed by atoms with van der Waals surface area (Å²) in [6, 6.07) is 11.5. The van der Waals surface area contributed by atoms with Gasteiger partial charge in [-0.2, -0.15) is 0 Å². The molecule has 5 heteroatoms. The summed E-state index contributed by atoms with van der Waals surface area (Å²) in [7, 11) is 0. The minimum Gasteiger partial charge on any atom is -0.384 e. The first-order valence-corrected chi connectivity index (χ1v) is 6.31. The van der Waals surface area contributed by atoms with E-state index >= 15 is 0 Å². The lowest BCUT2D eigenvalue weighted by Crippen LogP contribution is -2.08. The lowest BCUT2D eigenvalue weighted by molar-refractivity contribution is -0.385. The maximum absolute atomic E-state index is 13.4. The topological polar surface area (TPSA) is 55.2 Å². The number of rotatable bonds is 5. The molecule has 2 aromatic rings. The molecule has 0 saturated carbocycles. The van der Waals surface area contributed by atoms with Crippen molar-refractivity contribution in [2.45, 2.75) is 13.3 Å². The third-order valence-corrected chi connectivity index (χ3v) is 3.17. The summed E-state index contributed by atoms with van der Waals surface area (Å²) >= 11 is 0. The van der Waals surface area contributed by atoms with Crippen LogP contribution >= 0.6 is 0 Å². The maximum Gasteiger partial charge on any atom is 0.272 e. The zero-order valence-corrected chi connectivity index (χ0v) is 11.1. The van der Waals surface area contributed by atoms with Gasteiger partial charge in [0.05, 0.1) is 4.92 Å². The molecule has 1 N–H and O–H groups in total. The minimum absolute atomic E-state index is 0.116. The molecule has 0 aromatic heterocycles. The monoisotopic (exact) mass is 274 g/mol. The molecule has 0 aliphatic rings. The molecule has 0 amide bonds. The van der Waals surface area contributed by atoms with Gasteiger partial charge in [-0.15, -0.1) is 0 Å². The first-order valence-electron chi connectivity index (χ1n) is 6.31. The SMILES string of the molecule is Cc1c(F)cccc1NCCc1ccccc1[N+](=O)[O-]. The lowest BCUT2D eigenvalue weighted by atomic mass is 10.1. The average molecular weight is 274 g/mol. The van der Waals surface area contributed by atoms with Crippen LogP contribution in [0.5, 0.6) is 0 Å². The Morgan fingerprint density at radius 1 is 1.20 bits per heavy atom. The van der Waals surface area contributed by atoms with Crippen LogP contribution < -0.4 is 5.32 Å². The standard InChI is InChI=1S/C15H15FN2O2/c1-11-13(16)6-4-7-14(11)17-10-9-12-5-2-3-8-15(12)18(19)20/h2-8,17H,9-10H2,1H3. The van der Waals surface area contributed by atoms with Crippen LogP contribution in [0.2, 0.25) is 0 Å². The Bertz CT molecular complexity index is 629. The molecule has 4 nitrogen and oxygen atoms in total. The van der Waals surface area contributed by atoms with E-state index in [4.69, 9.17) is 0 Å². The molecular weight excluding hydrogens is 259 g/mol. The summed E-state index contributed by atoms with van der Waals surface area (Å²) in [5, 5.41) is 14.0. The Morgan fingerprint density at radius 3 is 2.70 bits per heavy atom. The Labute approximate surface area is 116 Å². The van der Waals surface area contributed by atoms with Crippen molar-refractivity contribution in [3.8, 4) is 0 Å². The first-order chi connectivity index (χ1) is 9.59. The molecule has 0 aliphatic carbocycles. The smallest absolute Gasteiger partial charge is 0.272 e. The van der Waals surface area contributed by atoms with E-state index in [1.165, 1.54) is 12.1 Å². The molecule has 0 radical (unpaired) electrons. The van der Waals surface area contributed by atoms with Crippen LogP contribution in [0.15, 0.2) is 42.5 Å². The third kappa shape index (κ3) is 3.12. The number of halogens is 1. The van der Waals surface area contributed by atoms with Crippen LogP contribution in [0.3, 0.4) is 0 Å². The molecular formula is C15H15FN2O2. The van der Waals surface area contributed by atoms with Gasteiger partial charge in [0.15, 0.2) is 0 Å². The van der Waals surface area contributed by atoms with Crippen molar-refractivity contribution in [3.63, 3.8) is 0 Å². The lowest BCUT2D eigenvalue weighted by Gasteiger charge is -2.10. The Hall–Kier alpha value is -2.43. The zero-order chi connectivity index (χ0) is 14.5. The van der Waals surface area contributed by atoms with Gasteiger partial charge in [0, 0.05) is 29.4 Å². The summed E-state index contributed by atoms with van der Waals surface area (Å²) in [4.78, 5) is 10.5. The Balaban J connectivity index is 2.03. The summed E-state index contributed by atoms with van der Waals surface area (Å²) in [6.07, 6.45) is 0.507. The second-order valence-electron chi connectivity index (χ2n) is 4.47. The number of hydrogen-bond donors (Lipinski definition) is 1. The first kappa shape index (κ1) is 14.0. The number of nitrogens with zero attached hydrogens (tertiary/aromatic N) is 1. The fraction of sp³-hybridized carbons (Fsp3) is 0.200. The van der Waals surface area contributed by atoms with E-state index in [2.05, 4.69) is 5.32 Å². The average Bonchev–Trinajstić information content (AvgIpc) is 2.44. The van der Waals surface area contributed by atoms with E-state index in [0.29, 0.717) is 29.8 Å². The third-order valence-electron chi connectivity index (χ3n) is 3.17. The molecule has 2 aromatic carbocycles. The van der Waals surface area contributed by atoms with Gasteiger partial charge in [-0.05, 0) is 25.5 Å². The molecule has 0 spiro atoms.